The highest BCUT2D eigenvalue weighted by molar-refractivity contribution is 5.93. The second-order valence-corrected chi connectivity index (χ2v) is 6.70. The molecule has 3 aromatic carbocycles. The van der Waals surface area contributed by atoms with Gasteiger partial charge in [0.05, 0.1) is 5.69 Å². The molecule has 0 aliphatic rings. The summed E-state index contributed by atoms with van der Waals surface area (Å²) in [6.07, 6.45) is 0. The Balaban J connectivity index is 1.42. The normalized spacial score (nSPS) is 10.6. The van der Waals surface area contributed by atoms with Crippen molar-refractivity contribution in [2.45, 2.75) is 6.92 Å². The van der Waals surface area contributed by atoms with Gasteiger partial charge in [0.2, 0.25) is 0 Å². The molecule has 0 unspecified atom stereocenters. The quantitative estimate of drug-likeness (QED) is 0.465. The summed E-state index contributed by atoms with van der Waals surface area (Å²) in [7, 11) is 0. The van der Waals surface area contributed by atoms with E-state index in [1.165, 1.54) is 6.07 Å². The van der Waals surface area contributed by atoms with Crippen molar-refractivity contribution in [3.05, 3.63) is 94.8 Å². The molecule has 0 fully saturated rings. The fraction of sp³-hybridized carbons (Fsp3) is 0.0833. The molecular formula is C24H19NO5. The first-order valence-electron chi connectivity index (χ1n) is 9.37. The van der Waals surface area contributed by atoms with E-state index in [4.69, 9.17) is 13.9 Å². The lowest BCUT2D eigenvalue weighted by molar-refractivity contribution is -0.118. The molecule has 0 aliphatic carbocycles. The number of hydrogen-bond donors (Lipinski definition) is 1. The molecule has 6 heteroatoms. The van der Waals surface area contributed by atoms with Crippen molar-refractivity contribution in [1.29, 1.82) is 0 Å². The Morgan fingerprint density at radius 2 is 1.67 bits per heavy atom. The van der Waals surface area contributed by atoms with Crippen LogP contribution in [0.4, 0.5) is 5.69 Å². The first kappa shape index (κ1) is 19.3. The van der Waals surface area contributed by atoms with Crippen LogP contribution >= 0.6 is 0 Å². The van der Waals surface area contributed by atoms with Crippen LogP contribution < -0.4 is 20.4 Å². The van der Waals surface area contributed by atoms with Crippen LogP contribution in [-0.4, -0.2) is 12.5 Å². The molecule has 0 aliphatic heterocycles. The highest BCUT2D eigenvalue weighted by Gasteiger charge is 2.10. The van der Waals surface area contributed by atoms with E-state index in [9.17, 15) is 9.59 Å². The molecule has 1 N–H and O–H groups in total. The van der Waals surface area contributed by atoms with Gasteiger partial charge < -0.3 is 19.2 Å². The van der Waals surface area contributed by atoms with E-state index < -0.39 is 5.63 Å². The maximum atomic E-state index is 12.4. The van der Waals surface area contributed by atoms with Crippen LogP contribution in [0.2, 0.25) is 0 Å². The molecule has 0 saturated carbocycles. The Labute approximate surface area is 172 Å². The summed E-state index contributed by atoms with van der Waals surface area (Å²) in [6, 6.07) is 22.9. The highest BCUT2D eigenvalue weighted by atomic mass is 16.5. The predicted octanol–water partition coefficient (Wildman–Crippen LogP) is 4.91. The molecule has 4 rings (SSSR count). The summed E-state index contributed by atoms with van der Waals surface area (Å²) in [4.78, 5) is 23.7. The van der Waals surface area contributed by atoms with Gasteiger partial charge in [0.25, 0.3) is 5.91 Å². The van der Waals surface area contributed by atoms with Crippen LogP contribution in [0.5, 0.6) is 17.2 Å². The standard InChI is InChI=1S/C24H19NO5/c1-16-6-10-18(11-7-16)29-21-5-3-2-4-20(21)25-23(26)15-28-19-12-8-17-9-13-24(27)30-22(17)14-19/h2-14H,15H2,1H3,(H,25,26). The van der Waals surface area contributed by atoms with Crippen LogP contribution in [-0.2, 0) is 4.79 Å². The van der Waals surface area contributed by atoms with Crippen molar-refractivity contribution >= 4 is 22.6 Å². The molecular weight excluding hydrogens is 382 g/mol. The maximum Gasteiger partial charge on any atom is 0.336 e. The van der Waals surface area contributed by atoms with E-state index in [1.54, 1.807) is 36.4 Å². The number of fused-ring (bicyclic) bond motifs is 1. The number of amides is 1. The number of carbonyl (C=O) groups excluding carboxylic acids is 1. The molecule has 30 heavy (non-hydrogen) atoms. The SMILES string of the molecule is Cc1ccc(Oc2ccccc2NC(=O)COc2ccc3ccc(=O)oc3c2)cc1. The van der Waals surface area contributed by atoms with Crippen molar-refractivity contribution in [2.24, 2.45) is 0 Å². The lowest BCUT2D eigenvalue weighted by atomic mass is 10.2. The maximum absolute atomic E-state index is 12.4. The summed E-state index contributed by atoms with van der Waals surface area (Å²) in [5.41, 5.74) is 1.63. The van der Waals surface area contributed by atoms with Gasteiger partial charge >= 0.3 is 5.63 Å². The van der Waals surface area contributed by atoms with E-state index in [0.717, 1.165) is 10.9 Å². The molecule has 1 amide bonds. The van der Waals surface area contributed by atoms with Crippen LogP contribution in [0.1, 0.15) is 5.56 Å². The van der Waals surface area contributed by atoms with Crippen LogP contribution in [0.15, 0.2) is 88.1 Å². The fourth-order valence-electron chi connectivity index (χ4n) is 2.86. The molecule has 1 aromatic heterocycles. The third kappa shape index (κ3) is 4.67. The molecule has 0 spiro atoms. The van der Waals surface area contributed by atoms with Gasteiger partial charge in [0.1, 0.15) is 17.1 Å². The number of aryl methyl sites for hydroxylation is 1. The number of hydrogen-bond acceptors (Lipinski definition) is 5. The number of carbonyl (C=O) groups is 1. The summed E-state index contributed by atoms with van der Waals surface area (Å²) >= 11 is 0. The molecule has 1 heterocycles. The third-order valence-electron chi connectivity index (χ3n) is 4.37. The van der Waals surface area contributed by atoms with Crippen molar-refractivity contribution in [1.82, 2.24) is 0 Å². The molecule has 0 bridgehead atoms. The van der Waals surface area contributed by atoms with Crippen LogP contribution in [0, 0.1) is 6.92 Å². The van der Waals surface area contributed by atoms with Crippen molar-refractivity contribution in [3.8, 4) is 17.2 Å². The van der Waals surface area contributed by atoms with Crippen LogP contribution in [0.3, 0.4) is 0 Å². The van der Waals surface area contributed by atoms with E-state index in [1.807, 2.05) is 43.3 Å². The van der Waals surface area contributed by atoms with Crippen molar-refractivity contribution in [2.75, 3.05) is 11.9 Å². The van der Waals surface area contributed by atoms with Crippen molar-refractivity contribution < 1.29 is 18.7 Å². The monoisotopic (exact) mass is 401 g/mol. The van der Waals surface area contributed by atoms with Gasteiger partial charge in [0.15, 0.2) is 12.4 Å². The largest absolute Gasteiger partial charge is 0.484 e. The van der Waals surface area contributed by atoms with Gasteiger partial charge in [-0.05, 0) is 49.4 Å². The van der Waals surface area contributed by atoms with Crippen molar-refractivity contribution in [3.63, 3.8) is 0 Å². The topological polar surface area (TPSA) is 77.8 Å². The van der Waals surface area contributed by atoms with Gasteiger partial charge in [-0.2, -0.15) is 0 Å². The van der Waals surface area contributed by atoms with E-state index >= 15 is 0 Å². The lowest BCUT2D eigenvalue weighted by Gasteiger charge is -2.13. The summed E-state index contributed by atoms with van der Waals surface area (Å²) in [5.74, 6) is 1.29. The Bertz CT molecular complexity index is 1240. The zero-order chi connectivity index (χ0) is 20.9. The second-order valence-electron chi connectivity index (χ2n) is 6.70. The number of para-hydroxylation sites is 2. The Hall–Kier alpha value is -4.06. The first-order chi connectivity index (χ1) is 14.6. The Morgan fingerprint density at radius 1 is 0.933 bits per heavy atom. The first-order valence-corrected chi connectivity index (χ1v) is 9.37. The van der Waals surface area contributed by atoms with Gasteiger partial charge in [0, 0.05) is 17.5 Å². The zero-order valence-electron chi connectivity index (χ0n) is 16.3. The van der Waals surface area contributed by atoms with Gasteiger partial charge in [-0.1, -0.05) is 29.8 Å². The Morgan fingerprint density at radius 3 is 2.50 bits per heavy atom. The molecule has 0 atom stereocenters. The molecule has 0 saturated heterocycles. The van der Waals surface area contributed by atoms with E-state index in [0.29, 0.717) is 28.5 Å². The summed E-state index contributed by atoms with van der Waals surface area (Å²) in [5, 5.41) is 3.57. The third-order valence-corrected chi connectivity index (χ3v) is 4.37. The molecule has 150 valence electrons. The van der Waals surface area contributed by atoms with Crippen LogP contribution in [0.25, 0.3) is 11.0 Å². The summed E-state index contributed by atoms with van der Waals surface area (Å²) < 4.78 is 16.6. The molecule has 6 nitrogen and oxygen atoms in total. The number of ether oxygens (including phenoxy) is 2. The minimum atomic E-state index is -0.442. The summed E-state index contributed by atoms with van der Waals surface area (Å²) in [6.45, 7) is 1.79. The lowest BCUT2D eigenvalue weighted by Crippen LogP contribution is -2.20. The second kappa shape index (κ2) is 8.53. The Kier molecular flexibility index (Phi) is 5.48. The highest BCUT2D eigenvalue weighted by Crippen LogP contribution is 2.29. The molecule has 0 radical (unpaired) electrons. The van der Waals surface area contributed by atoms with Gasteiger partial charge in [-0.15, -0.1) is 0 Å². The number of nitrogens with one attached hydrogen (secondary N) is 1. The van der Waals surface area contributed by atoms with E-state index in [-0.39, 0.29) is 12.5 Å². The number of anilines is 1. The van der Waals surface area contributed by atoms with E-state index in [2.05, 4.69) is 5.32 Å². The number of rotatable bonds is 6. The number of benzene rings is 3. The van der Waals surface area contributed by atoms with Gasteiger partial charge in [-0.3, -0.25) is 4.79 Å². The van der Waals surface area contributed by atoms with Gasteiger partial charge in [-0.25, -0.2) is 4.79 Å². The average molecular weight is 401 g/mol. The minimum absolute atomic E-state index is 0.207. The minimum Gasteiger partial charge on any atom is -0.484 e. The average Bonchev–Trinajstić information content (AvgIpc) is 2.75. The molecule has 4 aromatic rings. The fourth-order valence-corrected chi connectivity index (χ4v) is 2.86. The smallest absolute Gasteiger partial charge is 0.336 e. The zero-order valence-corrected chi connectivity index (χ0v) is 16.3. The predicted molar refractivity (Wildman–Crippen MR) is 114 cm³/mol.